The molecular weight excluding hydrogens is 343 g/mol. The zero-order chi connectivity index (χ0) is 17.2. The predicted octanol–water partition coefficient (Wildman–Crippen LogP) is 3.97. The molecule has 0 spiro atoms. The first-order valence-electron chi connectivity index (χ1n) is 7.61. The Bertz CT molecular complexity index is 924. The number of hydrogen-bond donors (Lipinski definition) is 1. The number of amides is 1. The van der Waals surface area contributed by atoms with Crippen LogP contribution in [-0.2, 0) is 0 Å². The van der Waals surface area contributed by atoms with E-state index in [2.05, 4.69) is 10.3 Å². The van der Waals surface area contributed by atoms with Crippen LogP contribution in [0.1, 0.15) is 10.5 Å². The minimum atomic E-state index is -0.318. The second-order valence-electron chi connectivity index (χ2n) is 5.36. The number of nitrogens with zero attached hydrogens (tertiary/aromatic N) is 1. The van der Waals surface area contributed by atoms with E-state index in [1.165, 1.54) is 23.5 Å². The molecule has 126 valence electrons. The van der Waals surface area contributed by atoms with Gasteiger partial charge in [0.25, 0.3) is 5.91 Å². The van der Waals surface area contributed by atoms with E-state index in [-0.39, 0.29) is 11.7 Å². The number of ether oxygens (including phenoxy) is 2. The third kappa shape index (κ3) is 3.32. The van der Waals surface area contributed by atoms with E-state index in [4.69, 9.17) is 9.47 Å². The zero-order valence-corrected chi connectivity index (χ0v) is 13.8. The first-order chi connectivity index (χ1) is 12.2. The monoisotopic (exact) mass is 356 g/mol. The van der Waals surface area contributed by atoms with E-state index in [1.54, 1.807) is 35.7 Å². The van der Waals surface area contributed by atoms with Crippen molar-refractivity contribution in [2.75, 3.05) is 18.5 Å². The van der Waals surface area contributed by atoms with Gasteiger partial charge in [0.2, 0.25) is 0 Å². The van der Waals surface area contributed by atoms with Gasteiger partial charge in [-0.15, -0.1) is 11.3 Å². The lowest BCUT2D eigenvalue weighted by Gasteiger charge is -2.18. The van der Waals surface area contributed by atoms with E-state index in [0.717, 1.165) is 5.56 Å². The fourth-order valence-corrected chi connectivity index (χ4v) is 3.23. The van der Waals surface area contributed by atoms with E-state index in [0.29, 0.717) is 41.1 Å². The van der Waals surface area contributed by atoms with Gasteiger partial charge in [0, 0.05) is 22.7 Å². The lowest BCUT2D eigenvalue weighted by Crippen LogP contribution is -2.16. The van der Waals surface area contributed by atoms with Gasteiger partial charge in [-0.1, -0.05) is 0 Å². The molecule has 0 unspecified atom stereocenters. The molecule has 5 nitrogen and oxygen atoms in total. The molecule has 0 radical (unpaired) electrons. The van der Waals surface area contributed by atoms with Crippen LogP contribution in [0.25, 0.3) is 10.6 Å². The molecule has 1 aliphatic heterocycles. The Labute approximate surface area is 147 Å². The van der Waals surface area contributed by atoms with Crippen molar-refractivity contribution < 1.29 is 18.7 Å². The van der Waals surface area contributed by atoms with Gasteiger partial charge >= 0.3 is 0 Å². The molecule has 1 N–H and O–H groups in total. The maximum absolute atomic E-state index is 13.0. The first-order valence-corrected chi connectivity index (χ1v) is 8.49. The van der Waals surface area contributed by atoms with Gasteiger partial charge in [-0.2, -0.15) is 0 Å². The van der Waals surface area contributed by atoms with Crippen LogP contribution in [0.2, 0.25) is 0 Å². The van der Waals surface area contributed by atoms with Gasteiger partial charge in [-0.3, -0.25) is 4.79 Å². The summed E-state index contributed by atoms with van der Waals surface area (Å²) >= 11 is 1.33. The average molecular weight is 356 g/mol. The van der Waals surface area contributed by atoms with Crippen molar-refractivity contribution in [1.82, 2.24) is 4.98 Å². The molecule has 3 aromatic rings. The maximum atomic E-state index is 13.0. The summed E-state index contributed by atoms with van der Waals surface area (Å²) in [7, 11) is 0. The molecule has 0 fully saturated rings. The summed E-state index contributed by atoms with van der Waals surface area (Å²) in [5.41, 5.74) is 1.68. The maximum Gasteiger partial charge on any atom is 0.275 e. The minimum absolute atomic E-state index is 0.305. The Balaban J connectivity index is 1.51. The summed E-state index contributed by atoms with van der Waals surface area (Å²) in [6.07, 6.45) is 0. The number of carbonyl (C=O) groups excluding carboxylic acids is 1. The van der Waals surface area contributed by atoms with Gasteiger partial charge in [0.1, 0.15) is 29.7 Å². The molecule has 1 aromatic heterocycles. The van der Waals surface area contributed by atoms with Crippen LogP contribution in [-0.4, -0.2) is 24.1 Å². The Hall–Kier alpha value is -2.93. The van der Waals surface area contributed by atoms with Gasteiger partial charge in [-0.25, -0.2) is 9.37 Å². The van der Waals surface area contributed by atoms with Crippen LogP contribution in [0.5, 0.6) is 11.5 Å². The number of thiazole rings is 1. The molecule has 1 aliphatic rings. The normalized spacial score (nSPS) is 12.7. The fraction of sp³-hybridized carbons (Fsp3) is 0.111. The quantitative estimate of drug-likeness (QED) is 0.771. The van der Waals surface area contributed by atoms with Crippen LogP contribution >= 0.6 is 11.3 Å². The van der Waals surface area contributed by atoms with Crippen molar-refractivity contribution in [3.05, 3.63) is 59.4 Å². The second-order valence-corrected chi connectivity index (χ2v) is 6.22. The van der Waals surface area contributed by atoms with E-state index < -0.39 is 0 Å². The number of benzene rings is 2. The lowest BCUT2D eigenvalue weighted by molar-refractivity contribution is 0.102. The standard InChI is InChI=1S/C18H13FN2O3S/c19-12-3-1-11(2-4-12)18-21-14(10-25-18)17(22)20-13-5-6-15-16(9-13)24-8-7-23-15/h1-6,9-10H,7-8H2,(H,20,22). The number of aromatic nitrogens is 1. The summed E-state index contributed by atoms with van der Waals surface area (Å²) in [5, 5.41) is 5.12. The molecular formula is C18H13FN2O3S. The topological polar surface area (TPSA) is 60.5 Å². The van der Waals surface area contributed by atoms with Crippen LogP contribution in [0.15, 0.2) is 47.8 Å². The molecule has 2 aromatic carbocycles. The van der Waals surface area contributed by atoms with Crippen LogP contribution < -0.4 is 14.8 Å². The Kier molecular flexibility index (Phi) is 4.07. The summed E-state index contributed by atoms with van der Waals surface area (Å²) in [6.45, 7) is 1.00. The molecule has 0 saturated heterocycles. The number of rotatable bonds is 3. The van der Waals surface area contributed by atoms with Crippen molar-refractivity contribution in [2.45, 2.75) is 0 Å². The summed E-state index contributed by atoms with van der Waals surface area (Å²) in [6, 6.07) is 11.2. The average Bonchev–Trinajstić information content (AvgIpc) is 3.12. The van der Waals surface area contributed by atoms with Crippen LogP contribution in [0.4, 0.5) is 10.1 Å². The Morgan fingerprint density at radius 2 is 1.84 bits per heavy atom. The molecule has 25 heavy (non-hydrogen) atoms. The van der Waals surface area contributed by atoms with Crippen molar-refractivity contribution in [3.8, 4) is 22.1 Å². The predicted molar refractivity (Wildman–Crippen MR) is 92.9 cm³/mol. The highest BCUT2D eigenvalue weighted by molar-refractivity contribution is 7.13. The van der Waals surface area contributed by atoms with E-state index in [1.807, 2.05) is 0 Å². The van der Waals surface area contributed by atoms with E-state index >= 15 is 0 Å². The molecule has 1 amide bonds. The molecule has 2 heterocycles. The molecule has 0 saturated carbocycles. The van der Waals surface area contributed by atoms with Gasteiger partial charge in [-0.05, 0) is 36.4 Å². The van der Waals surface area contributed by atoms with Gasteiger partial charge < -0.3 is 14.8 Å². The number of anilines is 1. The number of nitrogens with one attached hydrogen (secondary N) is 1. The largest absolute Gasteiger partial charge is 0.486 e. The molecule has 0 atom stereocenters. The zero-order valence-electron chi connectivity index (χ0n) is 13.0. The van der Waals surface area contributed by atoms with E-state index in [9.17, 15) is 9.18 Å². The van der Waals surface area contributed by atoms with Crippen molar-refractivity contribution in [2.24, 2.45) is 0 Å². The number of halogens is 1. The van der Waals surface area contributed by atoms with Gasteiger partial charge in [0.15, 0.2) is 11.5 Å². The van der Waals surface area contributed by atoms with Crippen molar-refractivity contribution in [3.63, 3.8) is 0 Å². The first kappa shape index (κ1) is 15.6. The second kappa shape index (κ2) is 6.52. The Morgan fingerprint density at radius 1 is 1.08 bits per heavy atom. The smallest absolute Gasteiger partial charge is 0.275 e. The van der Waals surface area contributed by atoms with Crippen LogP contribution in [0.3, 0.4) is 0 Å². The highest BCUT2D eigenvalue weighted by Gasteiger charge is 2.15. The highest BCUT2D eigenvalue weighted by atomic mass is 32.1. The number of hydrogen-bond acceptors (Lipinski definition) is 5. The summed E-state index contributed by atoms with van der Waals surface area (Å²) in [5.74, 6) is 0.643. The van der Waals surface area contributed by atoms with Crippen LogP contribution in [0, 0.1) is 5.82 Å². The Morgan fingerprint density at radius 3 is 2.64 bits per heavy atom. The SMILES string of the molecule is O=C(Nc1ccc2c(c1)OCCO2)c1csc(-c2ccc(F)cc2)n1. The van der Waals surface area contributed by atoms with Crippen molar-refractivity contribution >= 4 is 22.9 Å². The molecule has 4 rings (SSSR count). The number of carbonyl (C=O) groups is 1. The number of fused-ring (bicyclic) bond motifs is 1. The molecule has 7 heteroatoms. The lowest BCUT2D eigenvalue weighted by atomic mass is 10.2. The third-order valence-corrected chi connectivity index (χ3v) is 4.52. The minimum Gasteiger partial charge on any atom is -0.486 e. The summed E-state index contributed by atoms with van der Waals surface area (Å²) in [4.78, 5) is 16.7. The third-order valence-electron chi connectivity index (χ3n) is 3.63. The molecule has 0 aliphatic carbocycles. The molecule has 0 bridgehead atoms. The fourth-order valence-electron chi connectivity index (χ4n) is 2.42. The summed E-state index contributed by atoms with van der Waals surface area (Å²) < 4.78 is 24.0. The van der Waals surface area contributed by atoms with Crippen molar-refractivity contribution in [1.29, 1.82) is 0 Å². The van der Waals surface area contributed by atoms with Gasteiger partial charge in [0.05, 0.1) is 0 Å². The highest BCUT2D eigenvalue weighted by Crippen LogP contribution is 2.33.